The summed E-state index contributed by atoms with van der Waals surface area (Å²) in [4.78, 5) is 24.2. The molecular formula is C47H72O5. The number of aliphatic hydroxyl groups is 1. The standard InChI is InChI=1S/C47H72O5/c1-5-6-7-8-35-11-17-40(18-12-35)42-23-25-43(26-24-42)41-19-13-36(14-20-41)9-10-37-15-21-45-29-38(16-22-44(45)28-37)27-39(31-51-46(49)33(2)3)32-52-47(50)34(4)30-48/h13-14,19-20,35,37-40,42-45,48H,2,4-12,15-18,21-32H2,1,3H3. The van der Waals surface area contributed by atoms with Gasteiger partial charge in [-0.3, -0.25) is 0 Å². The van der Waals surface area contributed by atoms with Gasteiger partial charge in [0.05, 0.1) is 25.4 Å². The predicted molar refractivity (Wildman–Crippen MR) is 212 cm³/mol. The average molecular weight is 717 g/mol. The Balaban J connectivity index is 0.998. The van der Waals surface area contributed by atoms with Crippen molar-refractivity contribution < 1.29 is 24.2 Å². The minimum Gasteiger partial charge on any atom is -0.462 e. The van der Waals surface area contributed by atoms with Gasteiger partial charge < -0.3 is 14.6 Å². The maximum Gasteiger partial charge on any atom is 0.335 e. The zero-order chi connectivity index (χ0) is 36.9. The third-order valence-corrected chi connectivity index (χ3v) is 14.1. The quantitative estimate of drug-likeness (QED) is 0.0930. The molecule has 4 aliphatic rings. The Bertz CT molecular complexity index is 1270. The van der Waals surface area contributed by atoms with E-state index in [1.807, 2.05) is 0 Å². The van der Waals surface area contributed by atoms with Crippen LogP contribution in [0.1, 0.15) is 159 Å². The van der Waals surface area contributed by atoms with E-state index in [1.165, 1.54) is 134 Å². The summed E-state index contributed by atoms with van der Waals surface area (Å²) in [6.45, 7) is 11.2. The predicted octanol–water partition coefficient (Wildman–Crippen LogP) is 11.3. The molecule has 4 fully saturated rings. The highest BCUT2D eigenvalue weighted by molar-refractivity contribution is 5.88. The summed E-state index contributed by atoms with van der Waals surface area (Å²) in [5, 5.41) is 9.23. The van der Waals surface area contributed by atoms with Crippen LogP contribution in [-0.4, -0.2) is 36.9 Å². The van der Waals surface area contributed by atoms with Crippen LogP contribution in [0.15, 0.2) is 48.6 Å². The monoisotopic (exact) mass is 717 g/mol. The van der Waals surface area contributed by atoms with Crippen molar-refractivity contribution in [1.29, 1.82) is 0 Å². The molecule has 1 aromatic carbocycles. The molecule has 0 aromatic heterocycles. The van der Waals surface area contributed by atoms with E-state index in [9.17, 15) is 14.7 Å². The summed E-state index contributed by atoms with van der Waals surface area (Å²) in [5.74, 6) is 5.67. The number of unbranched alkanes of at least 4 members (excludes halogenated alkanes) is 2. The number of esters is 2. The first-order valence-electron chi connectivity index (χ1n) is 21.6. The number of carbonyl (C=O) groups is 2. The minimum absolute atomic E-state index is 0.0414. The highest BCUT2D eigenvalue weighted by Gasteiger charge is 2.37. The van der Waals surface area contributed by atoms with E-state index in [4.69, 9.17) is 9.47 Å². The topological polar surface area (TPSA) is 72.8 Å². The lowest BCUT2D eigenvalue weighted by atomic mass is 9.63. The normalized spacial score (nSPS) is 29.8. The van der Waals surface area contributed by atoms with E-state index < -0.39 is 18.5 Å². The minimum atomic E-state index is -0.588. The van der Waals surface area contributed by atoms with Gasteiger partial charge in [0.2, 0.25) is 0 Å². The first-order valence-corrected chi connectivity index (χ1v) is 21.6. The summed E-state index contributed by atoms with van der Waals surface area (Å²) < 4.78 is 10.9. The van der Waals surface area contributed by atoms with Crippen LogP contribution in [0.5, 0.6) is 0 Å². The number of ether oxygens (including phenoxy) is 2. The number of fused-ring (bicyclic) bond motifs is 1. The maximum atomic E-state index is 12.1. The van der Waals surface area contributed by atoms with Crippen molar-refractivity contribution in [2.24, 2.45) is 47.3 Å². The molecule has 290 valence electrons. The van der Waals surface area contributed by atoms with Crippen LogP contribution in [0.3, 0.4) is 0 Å². The molecule has 1 aromatic rings. The van der Waals surface area contributed by atoms with Crippen LogP contribution in [0.25, 0.3) is 0 Å². The molecule has 0 heterocycles. The van der Waals surface area contributed by atoms with Gasteiger partial charge in [-0.15, -0.1) is 0 Å². The first-order chi connectivity index (χ1) is 25.2. The Labute approximate surface area is 316 Å². The highest BCUT2D eigenvalue weighted by Crippen LogP contribution is 2.48. The highest BCUT2D eigenvalue weighted by atomic mass is 16.5. The van der Waals surface area contributed by atoms with Crippen LogP contribution in [0.4, 0.5) is 0 Å². The van der Waals surface area contributed by atoms with Gasteiger partial charge in [-0.2, -0.15) is 0 Å². The Morgan fingerprint density at radius 3 is 1.88 bits per heavy atom. The van der Waals surface area contributed by atoms with E-state index in [1.54, 1.807) is 12.5 Å². The first kappa shape index (κ1) is 40.8. The summed E-state index contributed by atoms with van der Waals surface area (Å²) in [7, 11) is 0. The van der Waals surface area contributed by atoms with Crippen molar-refractivity contribution in [3.63, 3.8) is 0 Å². The lowest BCUT2D eigenvalue weighted by Gasteiger charge is -2.43. The van der Waals surface area contributed by atoms with Crippen molar-refractivity contribution in [2.45, 2.75) is 155 Å². The van der Waals surface area contributed by atoms with Gasteiger partial charge in [0.1, 0.15) is 0 Å². The van der Waals surface area contributed by atoms with Gasteiger partial charge in [0, 0.05) is 11.5 Å². The van der Waals surface area contributed by atoms with E-state index in [0.29, 0.717) is 11.5 Å². The molecule has 5 nitrogen and oxygen atoms in total. The molecule has 5 unspecified atom stereocenters. The van der Waals surface area contributed by atoms with Gasteiger partial charge in [0.15, 0.2) is 0 Å². The van der Waals surface area contributed by atoms with Crippen molar-refractivity contribution in [3.8, 4) is 0 Å². The summed E-state index contributed by atoms with van der Waals surface area (Å²) >= 11 is 0. The molecule has 5 rings (SSSR count). The number of rotatable bonds is 18. The van der Waals surface area contributed by atoms with Gasteiger partial charge in [-0.05, 0) is 149 Å². The molecule has 5 atom stereocenters. The molecule has 52 heavy (non-hydrogen) atoms. The third-order valence-electron chi connectivity index (χ3n) is 14.1. The lowest BCUT2D eigenvalue weighted by Crippen LogP contribution is -2.33. The summed E-state index contributed by atoms with van der Waals surface area (Å²) in [5.41, 5.74) is 3.51. The number of hydrogen-bond donors (Lipinski definition) is 1. The molecule has 0 bridgehead atoms. The second kappa shape index (κ2) is 20.9. The number of hydrogen-bond acceptors (Lipinski definition) is 5. The molecule has 1 N–H and O–H groups in total. The molecule has 0 saturated heterocycles. The van der Waals surface area contributed by atoms with Crippen molar-refractivity contribution in [1.82, 2.24) is 0 Å². The Kier molecular flexibility index (Phi) is 16.4. The molecular weight excluding hydrogens is 645 g/mol. The van der Waals surface area contributed by atoms with Crippen molar-refractivity contribution >= 4 is 11.9 Å². The van der Waals surface area contributed by atoms with Crippen LogP contribution < -0.4 is 0 Å². The zero-order valence-corrected chi connectivity index (χ0v) is 33.0. The maximum absolute atomic E-state index is 12.1. The van der Waals surface area contributed by atoms with Crippen LogP contribution >= 0.6 is 0 Å². The van der Waals surface area contributed by atoms with E-state index in [-0.39, 0.29) is 24.7 Å². The number of carbonyl (C=O) groups excluding carboxylic acids is 2. The van der Waals surface area contributed by atoms with Crippen molar-refractivity contribution in [3.05, 3.63) is 59.7 Å². The van der Waals surface area contributed by atoms with E-state index in [2.05, 4.69) is 44.3 Å². The zero-order valence-electron chi connectivity index (χ0n) is 33.0. The van der Waals surface area contributed by atoms with Crippen LogP contribution in [-0.2, 0) is 25.5 Å². The molecule has 0 spiro atoms. The van der Waals surface area contributed by atoms with E-state index >= 15 is 0 Å². The van der Waals surface area contributed by atoms with E-state index in [0.717, 1.165) is 47.8 Å². The second-order valence-corrected chi connectivity index (χ2v) is 17.9. The molecule has 0 aliphatic heterocycles. The van der Waals surface area contributed by atoms with Gasteiger partial charge in [-0.25, -0.2) is 9.59 Å². The second-order valence-electron chi connectivity index (χ2n) is 17.9. The van der Waals surface area contributed by atoms with Crippen LogP contribution in [0, 0.1) is 47.3 Å². The van der Waals surface area contributed by atoms with Gasteiger partial charge in [-0.1, -0.05) is 95.7 Å². The number of aliphatic hydroxyl groups excluding tert-OH is 1. The lowest BCUT2D eigenvalue weighted by molar-refractivity contribution is -0.145. The fourth-order valence-electron chi connectivity index (χ4n) is 10.8. The Morgan fingerprint density at radius 2 is 1.27 bits per heavy atom. The van der Waals surface area contributed by atoms with Crippen molar-refractivity contribution in [2.75, 3.05) is 19.8 Å². The Morgan fingerprint density at radius 1 is 0.712 bits per heavy atom. The number of aryl methyl sites for hydroxylation is 1. The summed E-state index contributed by atoms with van der Waals surface area (Å²) in [6, 6.07) is 9.82. The molecule has 5 heteroatoms. The SMILES string of the molecule is C=C(C)C(=O)OCC(COC(=O)C(=C)CO)CC1CCC2CC(CCc3ccc(C4CCC(C5CCC(CCCCC)CC5)CC4)cc3)CCC2C1. The van der Waals surface area contributed by atoms with Gasteiger partial charge in [0.25, 0.3) is 0 Å². The fraction of sp³-hybridized carbons (Fsp3) is 0.745. The molecule has 0 amide bonds. The Hall–Kier alpha value is -2.40. The fourth-order valence-corrected chi connectivity index (χ4v) is 10.8. The summed E-state index contributed by atoms with van der Waals surface area (Å²) in [6.07, 6.45) is 28.4. The number of benzene rings is 1. The smallest absolute Gasteiger partial charge is 0.335 e. The third kappa shape index (κ3) is 12.3. The molecule has 4 saturated carbocycles. The average Bonchev–Trinajstić information content (AvgIpc) is 3.18. The largest absolute Gasteiger partial charge is 0.462 e. The van der Waals surface area contributed by atoms with Crippen LogP contribution in [0.2, 0.25) is 0 Å². The molecule has 4 aliphatic carbocycles. The van der Waals surface area contributed by atoms with Gasteiger partial charge >= 0.3 is 11.9 Å². The molecule has 0 radical (unpaired) electrons.